The zero-order valence-corrected chi connectivity index (χ0v) is 15.0. The van der Waals surface area contributed by atoms with Gasteiger partial charge >= 0.3 is 6.09 Å². The predicted octanol–water partition coefficient (Wildman–Crippen LogP) is 2.60. The summed E-state index contributed by atoms with van der Waals surface area (Å²) in [7, 11) is 0. The minimum absolute atomic E-state index is 0.182. The first-order chi connectivity index (χ1) is 10.2. The first-order valence-electron chi connectivity index (χ1n) is 8.65. The summed E-state index contributed by atoms with van der Waals surface area (Å²) in [5, 5.41) is 3.51. The maximum absolute atomic E-state index is 12.3. The van der Waals surface area contributed by atoms with E-state index in [-0.39, 0.29) is 12.1 Å². The molecule has 130 valence electrons. The molecule has 1 rings (SSSR count). The Kier molecular flexibility index (Phi) is 7.63. The van der Waals surface area contributed by atoms with E-state index in [4.69, 9.17) is 10.5 Å². The second kappa shape index (κ2) is 8.73. The highest BCUT2D eigenvalue weighted by Gasteiger charge is 2.30. The van der Waals surface area contributed by atoms with Gasteiger partial charge in [-0.15, -0.1) is 0 Å². The molecule has 0 spiro atoms. The number of ether oxygens (including phenoxy) is 1. The van der Waals surface area contributed by atoms with Gasteiger partial charge in [-0.25, -0.2) is 4.79 Å². The van der Waals surface area contributed by atoms with Gasteiger partial charge in [0, 0.05) is 19.1 Å². The van der Waals surface area contributed by atoms with E-state index in [9.17, 15) is 4.79 Å². The topological polar surface area (TPSA) is 67.6 Å². The van der Waals surface area contributed by atoms with Crippen LogP contribution in [0.2, 0.25) is 0 Å². The van der Waals surface area contributed by atoms with Crippen molar-refractivity contribution >= 4 is 6.09 Å². The molecule has 0 saturated carbocycles. The van der Waals surface area contributed by atoms with Gasteiger partial charge in [0.2, 0.25) is 0 Å². The first-order valence-corrected chi connectivity index (χ1v) is 8.65. The lowest BCUT2D eigenvalue weighted by atomic mass is 9.95. The van der Waals surface area contributed by atoms with E-state index < -0.39 is 5.60 Å². The lowest BCUT2D eigenvalue weighted by molar-refractivity contribution is 0.00984. The summed E-state index contributed by atoms with van der Waals surface area (Å²) in [6.07, 6.45) is 3.10. The minimum atomic E-state index is -0.436. The van der Waals surface area contributed by atoms with Crippen LogP contribution in [0.3, 0.4) is 0 Å². The Hall–Kier alpha value is -0.810. The van der Waals surface area contributed by atoms with Crippen molar-refractivity contribution < 1.29 is 9.53 Å². The number of nitrogens with one attached hydrogen (secondary N) is 1. The highest BCUT2D eigenvalue weighted by Crippen LogP contribution is 2.20. The zero-order valence-electron chi connectivity index (χ0n) is 15.0. The van der Waals surface area contributed by atoms with Gasteiger partial charge in [-0.1, -0.05) is 13.8 Å². The van der Waals surface area contributed by atoms with Gasteiger partial charge in [-0.05, 0) is 65.0 Å². The van der Waals surface area contributed by atoms with Crippen LogP contribution in [-0.2, 0) is 4.74 Å². The van der Waals surface area contributed by atoms with E-state index >= 15 is 0 Å². The van der Waals surface area contributed by atoms with Crippen LogP contribution in [-0.4, -0.2) is 48.8 Å². The fourth-order valence-electron chi connectivity index (χ4n) is 2.80. The van der Waals surface area contributed by atoms with Crippen molar-refractivity contribution in [2.75, 3.05) is 26.2 Å². The Morgan fingerprint density at radius 3 is 2.59 bits per heavy atom. The molecule has 0 bridgehead atoms. The third-order valence-electron chi connectivity index (χ3n) is 4.29. The molecule has 0 aromatic rings. The standard InChI is InChI=1S/C17H35N3O2/c1-13(2)14(10-18)11-19-12-15-8-6-7-9-20(15)16(21)22-17(3,4)5/h13-15,19H,6-12,18H2,1-5H3. The van der Waals surface area contributed by atoms with Gasteiger partial charge in [-0.2, -0.15) is 0 Å². The number of hydrogen-bond acceptors (Lipinski definition) is 4. The number of carbonyl (C=O) groups excluding carboxylic acids is 1. The molecule has 2 atom stereocenters. The molecule has 1 fully saturated rings. The predicted molar refractivity (Wildman–Crippen MR) is 90.8 cm³/mol. The molecule has 1 amide bonds. The van der Waals surface area contributed by atoms with Gasteiger partial charge in [0.05, 0.1) is 0 Å². The van der Waals surface area contributed by atoms with E-state index in [1.165, 1.54) is 6.42 Å². The van der Waals surface area contributed by atoms with Crippen molar-refractivity contribution in [3.63, 3.8) is 0 Å². The van der Waals surface area contributed by atoms with Gasteiger partial charge in [-0.3, -0.25) is 0 Å². The Morgan fingerprint density at radius 1 is 1.36 bits per heavy atom. The van der Waals surface area contributed by atoms with Crippen molar-refractivity contribution in [3.8, 4) is 0 Å². The molecule has 2 unspecified atom stereocenters. The minimum Gasteiger partial charge on any atom is -0.444 e. The molecule has 5 nitrogen and oxygen atoms in total. The largest absolute Gasteiger partial charge is 0.444 e. The second-order valence-corrected chi connectivity index (χ2v) is 7.72. The van der Waals surface area contributed by atoms with Crippen LogP contribution in [0, 0.1) is 11.8 Å². The molecule has 0 aromatic carbocycles. The third-order valence-corrected chi connectivity index (χ3v) is 4.29. The highest BCUT2D eigenvalue weighted by atomic mass is 16.6. The Labute approximate surface area is 135 Å². The summed E-state index contributed by atoms with van der Waals surface area (Å²) in [6, 6.07) is 0.231. The maximum Gasteiger partial charge on any atom is 0.410 e. The molecule has 0 aliphatic carbocycles. The van der Waals surface area contributed by atoms with Gasteiger partial charge in [0.15, 0.2) is 0 Å². The van der Waals surface area contributed by atoms with Crippen molar-refractivity contribution in [1.29, 1.82) is 0 Å². The van der Waals surface area contributed by atoms with Crippen LogP contribution in [0.15, 0.2) is 0 Å². The van der Waals surface area contributed by atoms with Crippen LogP contribution >= 0.6 is 0 Å². The maximum atomic E-state index is 12.3. The van der Waals surface area contributed by atoms with Crippen LogP contribution in [0.4, 0.5) is 4.79 Å². The molecule has 3 N–H and O–H groups in total. The van der Waals surface area contributed by atoms with E-state index in [0.717, 1.165) is 32.5 Å². The molecule has 22 heavy (non-hydrogen) atoms. The van der Waals surface area contributed by atoms with E-state index in [1.54, 1.807) is 0 Å². The number of nitrogens with two attached hydrogens (primary N) is 1. The molecule has 1 aliphatic heterocycles. The molecule has 1 aliphatic rings. The van der Waals surface area contributed by atoms with E-state index in [2.05, 4.69) is 19.2 Å². The summed E-state index contributed by atoms with van der Waals surface area (Å²) < 4.78 is 5.53. The third kappa shape index (κ3) is 6.53. The fourth-order valence-corrected chi connectivity index (χ4v) is 2.80. The summed E-state index contributed by atoms with van der Waals surface area (Å²) in [5.74, 6) is 1.06. The monoisotopic (exact) mass is 313 g/mol. The van der Waals surface area contributed by atoms with Crippen molar-refractivity contribution in [2.24, 2.45) is 17.6 Å². The van der Waals surface area contributed by atoms with Crippen molar-refractivity contribution in [3.05, 3.63) is 0 Å². The first kappa shape index (κ1) is 19.2. The highest BCUT2D eigenvalue weighted by molar-refractivity contribution is 5.68. The summed E-state index contributed by atoms with van der Waals surface area (Å²) in [6.45, 7) is 13.4. The summed E-state index contributed by atoms with van der Waals surface area (Å²) >= 11 is 0. The fraction of sp³-hybridized carbons (Fsp3) is 0.941. The molecule has 5 heteroatoms. The molecular weight excluding hydrogens is 278 g/mol. The number of piperidine rings is 1. The molecule has 0 radical (unpaired) electrons. The zero-order chi connectivity index (χ0) is 16.8. The average Bonchev–Trinajstić information content (AvgIpc) is 2.41. The summed E-state index contributed by atoms with van der Waals surface area (Å²) in [4.78, 5) is 14.2. The Bertz CT molecular complexity index is 339. The smallest absolute Gasteiger partial charge is 0.410 e. The number of amides is 1. The lowest BCUT2D eigenvalue weighted by Crippen LogP contribution is -2.50. The second-order valence-electron chi connectivity index (χ2n) is 7.72. The van der Waals surface area contributed by atoms with Crippen LogP contribution in [0.1, 0.15) is 53.9 Å². The van der Waals surface area contributed by atoms with Gasteiger partial charge < -0.3 is 20.7 Å². The van der Waals surface area contributed by atoms with Gasteiger partial charge in [0.1, 0.15) is 5.60 Å². The SMILES string of the molecule is CC(C)C(CN)CNCC1CCCCN1C(=O)OC(C)(C)C. The molecule has 1 saturated heterocycles. The van der Waals surface area contributed by atoms with Crippen molar-refractivity contribution in [1.82, 2.24) is 10.2 Å². The number of nitrogens with zero attached hydrogens (tertiary/aromatic N) is 1. The molecule has 0 aromatic heterocycles. The molecule has 1 heterocycles. The number of carbonyl (C=O) groups is 1. The Balaban J connectivity index is 2.50. The van der Waals surface area contributed by atoms with E-state index in [0.29, 0.717) is 18.4 Å². The number of rotatable bonds is 6. The van der Waals surface area contributed by atoms with Gasteiger partial charge in [0.25, 0.3) is 0 Å². The summed E-state index contributed by atoms with van der Waals surface area (Å²) in [5.41, 5.74) is 5.38. The quantitative estimate of drug-likeness (QED) is 0.791. The van der Waals surface area contributed by atoms with E-state index in [1.807, 2.05) is 25.7 Å². The van der Waals surface area contributed by atoms with Crippen LogP contribution < -0.4 is 11.1 Å². The van der Waals surface area contributed by atoms with Crippen LogP contribution in [0.25, 0.3) is 0 Å². The lowest BCUT2D eigenvalue weighted by Gasteiger charge is -2.37. The Morgan fingerprint density at radius 2 is 2.05 bits per heavy atom. The van der Waals surface area contributed by atoms with Crippen LogP contribution in [0.5, 0.6) is 0 Å². The van der Waals surface area contributed by atoms with Crippen molar-refractivity contribution in [2.45, 2.75) is 65.5 Å². The molecular formula is C17H35N3O2. The number of hydrogen-bond donors (Lipinski definition) is 2. The normalized spacial score (nSPS) is 21.0. The average molecular weight is 313 g/mol. The number of likely N-dealkylation sites (tertiary alicyclic amines) is 1.